The van der Waals surface area contributed by atoms with Gasteiger partial charge < -0.3 is 15.2 Å². The molecule has 1 amide bonds. The number of carboxylic acid groups (broad SMARTS) is 1. The number of nitrogens with one attached hydrogen (secondary N) is 1. The van der Waals surface area contributed by atoms with E-state index in [0.717, 1.165) is 0 Å². The molecule has 0 saturated carbocycles. The van der Waals surface area contributed by atoms with Gasteiger partial charge in [0.2, 0.25) is 0 Å². The molecule has 8 heteroatoms. The van der Waals surface area contributed by atoms with Gasteiger partial charge in [0.15, 0.2) is 6.04 Å². The smallest absolute Gasteiger partial charge is 0.328 e. The fourth-order valence-corrected chi connectivity index (χ4v) is 2.29. The van der Waals surface area contributed by atoms with Crippen LogP contribution in [0.25, 0.3) is 5.69 Å². The van der Waals surface area contributed by atoms with E-state index in [-0.39, 0.29) is 18.0 Å². The lowest BCUT2D eigenvalue weighted by atomic mass is 10.1. The van der Waals surface area contributed by atoms with Crippen LogP contribution in [0.4, 0.5) is 4.39 Å². The van der Waals surface area contributed by atoms with Crippen LogP contribution in [-0.2, 0) is 16.0 Å². The molecule has 0 radical (unpaired) electrons. The molecular formula is C16H18FN3O4. The molecule has 128 valence electrons. The van der Waals surface area contributed by atoms with Crippen LogP contribution >= 0.6 is 0 Å². The van der Waals surface area contributed by atoms with Crippen LogP contribution in [-0.4, -0.2) is 46.5 Å². The number of amides is 1. The van der Waals surface area contributed by atoms with Crippen LogP contribution in [0.2, 0.25) is 0 Å². The van der Waals surface area contributed by atoms with Gasteiger partial charge in [0.05, 0.1) is 29.7 Å². The van der Waals surface area contributed by atoms with Crippen LogP contribution < -0.4 is 5.32 Å². The summed E-state index contributed by atoms with van der Waals surface area (Å²) in [6.45, 7) is 1.70. The number of carbonyl (C=O) groups excluding carboxylic acids is 1. The molecule has 1 aromatic heterocycles. The normalized spacial score (nSPS) is 12.0. The summed E-state index contributed by atoms with van der Waals surface area (Å²) in [6, 6.07) is 4.55. The summed E-state index contributed by atoms with van der Waals surface area (Å²) in [7, 11) is 1.35. The number of halogens is 1. The molecule has 0 aliphatic carbocycles. The van der Waals surface area contributed by atoms with Crippen molar-refractivity contribution in [2.45, 2.75) is 19.4 Å². The van der Waals surface area contributed by atoms with E-state index >= 15 is 0 Å². The van der Waals surface area contributed by atoms with Crippen molar-refractivity contribution in [2.75, 3.05) is 13.7 Å². The van der Waals surface area contributed by atoms with Gasteiger partial charge in [-0.15, -0.1) is 0 Å². The van der Waals surface area contributed by atoms with Crippen molar-refractivity contribution < 1.29 is 23.8 Å². The molecule has 2 N–H and O–H groups in total. The number of aliphatic carboxylic acids is 1. The maximum absolute atomic E-state index is 13.0. The zero-order valence-electron chi connectivity index (χ0n) is 13.3. The number of methoxy groups -OCH3 is 1. The largest absolute Gasteiger partial charge is 0.480 e. The van der Waals surface area contributed by atoms with Crippen molar-refractivity contribution in [3.05, 3.63) is 47.5 Å². The third-order valence-electron chi connectivity index (χ3n) is 3.46. The van der Waals surface area contributed by atoms with E-state index in [9.17, 15) is 14.0 Å². The van der Waals surface area contributed by atoms with Crippen molar-refractivity contribution in [1.82, 2.24) is 15.1 Å². The molecule has 0 aliphatic rings. The molecule has 0 bridgehead atoms. The average Bonchev–Trinajstić information content (AvgIpc) is 2.99. The average molecular weight is 335 g/mol. The number of hydrogen-bond donors (Lipinski definition) is 2. The molecule has 2 aromatic rings. The third-order valence-corrected chi connectivity index (χ3v) is 3.46. The van der Waals surface area contributed by atoms with Gasteiger partial charge in [-0.1, -0.05) is 6.92 Å². The summed E-state index contributed by atoms with van der Waals surface area (Å²) in [5.74, 6) is -2.11. The molecule has 1 atom stereocenters. The minimum Gasteiger partial charge on any atom is -0.480 e. The van der Waals surface area contributed by atoms with E-state index in [0.29, 0.717) is 17.8 Å². The monoisotopic (exact) mass is 335 g/mol. The van der Waals surface area contributed by atoms with E-state index in [1.165, 1.54) is 30.1 Å². The first kappa shape index (κ1) is 17.6. The van der Waals surface area contributed by atoms with Crippen LogP contribution in [0.5, 0.6) is 0 Å². The van der Waals surface area contributed by atoms with Crippen molar-refractivity contribution >= 4 is 11.9 Å². The minimum atomic E-state index is -1.19. The van der Waals surface area contributed by atoms with Crippen LogP contribution in [0.15, 0.2) is 30.5 Å². The molecule has 2 rings (SSSR count). The summed E-state index contributed by atoms with van der Waals surface area (Å²) >= 11 is 0. The minimum absolute atomic E-state index is 0.144. The summed E-state index contributed by atoms with van der Waals surface area (Å²) in [6.07, 6.45) is 1.85. The molecule has 7 nitrogen and oxygen atoms in total. The first-order chi connectivity index (χ1) is 11.5. The summed E-state index contributed by atoms with van der Waals surface area (Å²) < 4.78 is 19.4. The van der Waals surface area contributed by atoms with E-state index in [4.69, 9.17) is 9.84 Å². The topological polar surface area (TPSA) is 93.4 Å². The van der Waals surface area contributed by atoms with Gasteiger partial charge in [0, 0.05) is 7.11 Å². The van der Waals surface area contributed by atoms with Gasteiger partial charge in [-0.2, -0.15) is 5.10 Å². The summed E-state index contributed by atoms with van der Waals surface area (Å²) in [5, 5.41) is 15.7. The van der Waals surface area contributed by atoms with E-state index in [1.54, 1.807) is 12.1 Å². The van der Waals surface area contributed by atoms with Gasteiger partial charge >= 0.3 is 5.97 Å². The lowest BCUT2D eigenvalue weighted by molar-refractivity contribution is -0.140. The third kappa shape index (κ3) is 3.77. The number of ether oxygens (including phenoxy) is 1. The Kier molecular flexibility index (Phi) is 5.64. The molecule has 0 spiro atoms. The quantitative estimate of drug-likeness (QED) is 0.798. The Morgan fingerprint density at radius 1 is 1.38 bits per heavy atom. The van der Waals surface area contributed by atoms with Crippen LogP contribution in [0.3, 0.4) is 0 Å². The number of rotatable bonds is 7. The maximum atomic E-state index is 13.0. The van der Waals surface area contributed by atoms with Gasteiger partial charge in [-0.3, -0.25) is 4.79 Å². The highest BCUT2D eigenvalue weighted by Crippen LogP contribution is 2.16. The zero-order chi connectivity index (χ0) is 17.7. The van der Waals surface area contributed by atoms with Crippen LogP contribution in [0, 0.1) is 5.82 Å². The number of hydrogen-bond acceptors (Lipinski definition) is 4. The van der Waals surface area contributed by atoms with Crippen molar-refractivity contribution in [3.63, 3.8) is 0 Å². The molecule has 1 unspecified atom stereocenters. The predicted molar refractivity (Wildman–Crippen MR) is 83.7 cm³/mol. The van der Waals surface area contributed by atoms with Crippen molar-refractivity contribution in [1.29, 1.82) is 0 Å². The fourth-order valence-electron chi connectivity index (χ4n) is 2.29. The van der Waals surface area contributed by atoms with Crippen molar-refractivity contribution in [2.24, 2.45) is 0 Å². The Morgan fingerprint density at radius 2 is 2.04 bits per heavy atom. The van der Waals surface area contributed by atoms with Crippen LogP contribution in [0.1, 0.15) is 23.0 Å². The molecule has 1 heterocycles. The Hall–Kier alpha value is -2.74. The maximum Gasteiger partial charge on any atom is 0.328 e. The predicted octanol–water partition coefficient (Wildman–Crippen LogP) is 1.40. The highest BCUT2D eigenvalue weighted by molar-refractivity contribution is 5.97. The fraction of sp³-hybridized carbons (Fsp3) is 0.312. The van der Waals surface area contributed by atoms with Gasteiger partial charge in [-0.05, 0) is 30.7 Å². The highest BCUT2D eigenvalue weighted by Gasteiger charge is 2.24. The SMILES string of the molecule is CCc1c(C(=O)NC(COC)C(=O)O)cnn1-c1ccc(F)cc1. The zero-order valence-corrected chi connectivity index (χ0v) is 13.3. The highest BCUT2D eigenvalue weighted by atomic mass is 19.1. The Morgan fingerprint density at radius 3 is 2.58 bits per heavy atom. The van der Waals surface area contributed by atoms with E-state index in [2.05, 4.69) is 10.4 Å². The van der Waals surface area contributed by atoms with Crippen molar-refractivity contribution in [3.8, 4) is 5.69 Å². The Balaban J connectivity index is 2.29. The Bertz CT molecular complexity index is 727. The second-order valence-electron chi connectivity index (χ2n) is 5.07. The molecule has 0 aliphatic heterocycles. The first-order valence-corrected chi connectivity index (χ1v) is 7.33. The first-order valence-electron chi connectivity index (χ1n) is 7.33. The molecule has 0 saturated heterocycles. The number of carboxylic acids is 1. The van der Waals surface area contributed by atoms with E-state index in [1.807, 2.05) is 6.92 Å². The number of carbonyl (C=O) groups is 2. The summed E-state index contributed by atoms with van der Waals surface area (Å²) in [4.78, 5) is 23.5. The summed E-state index contributed by atoms with van der Waals surface area (Å²) in [5.41, 5.74) is 1.48. The second-order valence-corrected chi connectivity index (χ2v) is 5.07. The molecule has 0 fully saturated rings. The lowest BCUT2D eigenvalue weighted by Crippen LogP contribution is -2.44. The van der Waals surface area contributed by atoms with Gasteiger partial charge in [0.25, 0.3) is 5.91 Å². The van der Waals surface area contributed by atoms with Gasteiger partial charge in [-0.25, -0.2) is 13.9 Å². The molecule has 1 aromatic carbocycles. The lowest BCUT2D eigenvalue weighted by Gasteiger charge is -2.14. The molecule has 24 heavy (non-hydrogen) atoms. The Labute approximate surface area is 138 Å². The van der Waals surface area contributed by atoms with Gasteiger partial charge in [0.1, 0.15) is 5.82 Å². The molecular weight excluding hydrogens is 317 g/mol. The number of benzene rings is 1. The van der Waals surface area contributed by atoms with E-state index < -0.39 is 17.9 Å². The number of aromatic nitrogens is 2. The number of nitrogens with zero attached hydrogens (tertiary/aromatic N) is 2. The standard InChI is InChI=1S/C16H18FN3O4/c1-3-14-12(15(21)19-13(9-24-2)16(22)23)8-18-20(14)11-6-4-10(17)5-7-11/h4-8,13H,3,9H2,1-2H3,(H,19,21)(H,22,23). The second kappa shape index (κ2) is 7.69.